The summed E-state index contributed by atoms with van der Waals surface area (Å²) in [5.41, 5.74) is 0.834. The third-order valence-corrected chi connectivity index (χ3v) is 5.87. The van der Waals surface area contributed by atoms with E-state index in [-0.39, 0.29) is 13.2 Å². The maximum absolute atomic E-state index is 10.7. The minimum Gasteiger partial charge on any atom is -0.394 e. The Kier molecular flexibility index (Phi) is 7.15. The second-order valence-electron chi connectivity index (χ2n) is 8.71. The van der Waals surface area contributed by atoms with Gasteiger partial charge in [-0.2, -0.15) is 5.06 Å². The average molecular weight is 457 g/mol. The van der Waals surface area contributed by atoms with Crippen molar-refractivity contribution in [1.82, 2.24) is 5.06 Å². The molecule has 3 fully saturated rings. The molecule has 3 aliphatic rings. The van der Waals surface area contributed by atoms with Gasteiger partial charge in [0.1, 0.15) is 42.7 Å². The number of hydrogen-bond donors (Lipinski definition) is 5. The molecule has 1 aromatic rings. The summed E-state index contributed by atoms with van der Waals surface area (Å²) < 4.78 is 22.9. The van der Waals surface area contributed by atoms with E-state index in [9.17, 15) is 25.5 Å². The van der Waals surface area contributed by atoms with E-state index in [4.69, 9.17) is 23.8 Å². The van der Waals surface area contributed by atoms with Crippen LogP contribution in [0.15, 0.2) is 30.3 Å². The molecule has 1 aromatic carbocycles. The third-order valence-electron chi connectivity index (χ3n) is 5.87. The predicted octanol–water partition coefficient (Wildman–Crippen LogP) is -1.54. The van der Waals surface area contributed by atoms with Gasteiger partial charge in [0.2, 0.25) is 0 Å². The summed E-state index contributed by atoms with van der Waals surface area (Å²) in [6.07, 6.45) is -10.3. The molecule has 3 aliphatic heterocycles. The number of hydroxylamine groups is 2. The van der Waals surface area contributed by atoms with Crippen molar-refractivity contribution in [2.45, 2.75) is 81.5 Å². The van der Waals surface area contributed by atoms with Crippen LogP contribution in [0.2, 0.25) is 0 Å². The number of benzene rings is 1. The van der Waals surface area contributed by atoms with Gasteiger partial charge in [-0.25, -0.2) is 0 Å². The van der Waals surface area contributed by atoms with Gasteiger partial charge < -0.3 is 44.5 Å². The van der Waals surface area contributed by atoms with Crippen molar-refractivity contribution in [1.29, 1.82) is 0 Å². The van der Waals surface area contributed by atoms with Crippen LogP contribution in [0.3, 0.4) is 0 Å². The summed E-state index contributed by atoms with van der Waals surface area (Å²) >= 11 is 0. The highest BCUT2D eigenvalue weighted by molar-refractivity contribution is 5.13. The number of ether oxygens (including phenoxy) is 4. The first-order valence-electron chi connectivity index (χ1n) is 10.6. The lowest BCUT2D eigenvalue weighted by Crippen LogP contribution is -2.64. The van der Waals surface area contributed by atoms with Crippen molar-refractivity contribution in [3.8, 4) is 0 Å². The largest absolute Gasteiger partial charge is 0.394 e. The average Bonchev–Trinajstić information content (AvgIpc) is 3.22. The lowest BCUT2D eigenvalue weighted by Gasteiger charge is -2.44. The maximum Gasteiger partial charge on any atom is 0.190 e. The summed E-state index contributed by atoms with van der Waals surface area (Å²) in [4.78, 5) is 5.89. The van der Waals surface area contributed by atoms with Crippen LogP contribution in [0.4, 0.5) is 0 Å². The molecule has 0 radical (unpaired) electrons. The van der Waals surface area contributed by atoms with Crippen molar-refractivity contribution in [3.63, 3.8) is 0 Å². The van der Waals surface area contributed by atoms with E-state index in [1.807, 2.05) is 30.3 Å². The van der Waals surface area contributed by atoms with Gasteiger partial charge in [0.15, 0.2) is 18.3 Å². The zero-order valence-electron chi connectivity index (χ0n) is 17.9. The van der Waals surface area contributed by atoms with Crippen LogP contribution in [0.1, 0.15) is 19.4 Å². The number of fused-ring (bicyclic) bond motifs is 1. The minimum absolute atomic E-state index is 0.0726. The van der Waals surface area contributed by atoms with Crippen LogP contribution in [-0.2, 0) is 30.4 Å². The highest BCUT2D eigenvalue weighted by atomic mass is 16.8. The van der Waals surface area contributed by atoms with Gasteiger partial charge in [0.25, 0.3) is 0 Å². The first kappa shape index (κ1) is 23.9. The SMILES string of the molecule is CC1(C)O[C@H]2O[C@H](CN(OCc3ccccc3)[C@@H]3O[C@H](CO)[C@H](O)[C@H](O)[C@H]3O)[C@H](O)[C@H]2O1. The zero-order valence-corrected chi connectivity index (χ0v) is 17.9. The van der Waals surface area contributed by atoms with Gasteiger partial charge in [-0.15, -0.1) is 0 Å². The highest BCUT2D eigenvalue weighted by Crippen LogP contribution is 2.38. The molecule has 0 spiro atoms. The Morgan fingerprint density at radius 1 is 0.906 bits per heavy atom. The van der Waals surface area contributed by atoms with Crippen molar-refractivity contribution in [2.75, 3.05) is 13.2 Å². The van der Waals surface area contributed by atoms with Crippen LogP contribution in [0.25, 0.3) is 0 Å². The van der Waals surface area contributed by atoms with Gasteiger partial charge in [-0.3, -0.25) is 4.84 Å². The van der Waals surface area contributed by atoms with Crippen LogP contribution in [-0.4, -0.2) is 105 Å². The van der Waals surface area contributed by atoms with Gasteiger partial charge in [-0.1, -0.05) is 30.3 Å². The van der Waals surface area contributed by atoms with Gasteiger partial charge in [0.05, 0.1) is 19.8 Å². The van der Waals surface area contributed by atoms with Crippen molar-refractivity contribution in [2.24, 2.45) is 0 Å². The van der Waals surface area contributed by atoms with Gasteiger partial charge >= 0.3 is 0 Å². The molecule has 32 heavy (non-hydrogen) atoms. The van der Waals surface area contributed by atoms with E-state index < -0.39 is 67.6 Å². The minimum atomic E-state index is -1.57. The molecule has 180 valence electrons. The number of nitrogens with zero attached hydrogens (tertiary/aromatic N) is 1. The predicted molar refractivity (Wildman–Crippen MR) is 106 cm³/mol. The Morgan fingerprint density at radius 3 is 2.28 bits per heavy atom. The van der Waals surface area contributed by atoms with Crippen molar-refractivity contribution in [3.05, 3.63) is 35.9 Å². The van der Waals surface area contributed by atoms with E-state index in [1.54, 1.807) is 13.8 Å². The van der Waals surface area contributed by atoms with E-state index in [2.05, 4.69) is 0 Å². The quantitative estimate of drug-likeness (QED) is 0.303. The van der Waals surface area contributed by atoms with Gasteiger partial charge in [-0.05, 0) is 19.4 Å². The summed E-state index contributed by atoms with van der Waals surface area (Å²) in [7, 11) is 0. The summed E-state index contributed by atoms with van der Waals surface area (Å²) in [6.45, 7) is 2.90. The maximum atomic E-state index is 10.7. The molecule has 0 saturated carbocycles. The molecule has 0 unspecified atom stereocenters. The fourth-order valence-electron chi connectivity index (χ4n) is 4.17. The van der Waals surface area contributed by atoms with E-state index >= 15 is 0 Å². The van der Waals surface area contributed by atoms with Crippen LogP contribution in [0, 0.1) is 0 Å². The Labute approximate surface area is 185 Å². The fraction of sp³-hybridized carbons (Fsp3) is 0.714. The second kappa shape index (κ2) is 9.57. The number of aliphatic hydroxyl groups is 5. The zero-order chi connectivity index (χ0) is 23.0. The summed E-state index contributed by atoms with van der Waals surface area (Å²) in [6, 6.07) is 9.25. The lowest BCUT2D eigenvalue weighted by atomic mass is 9.98. The van der Waals surface area contributed by atoms with Crippen LogP contribution < -0.4 is 0 Å². The molecule has 9 atom stereocenters. The van der Waals surface area contributed by atoms with E-state index in [1.165, 1.54) is 5.06 Å². The molecule has 0 amide bonds. The number of rotatable bonds is 7. The molecule has 11 nitrogen and oxygen atoms in total. The second-order valence-corrected chi connectivity index (χ2v) is 8.71. The van der Waals surface area contributed by atoms with E-state index in [0.717, 1.165) is 5.56 Å². The molecule has 3 heterocycles. The van der Waals surface area contributed by atoms with Crippen LogP contribution >= 0.6 is 0 Å². The monoisotopic (exact) mass is 457 g/mol. The topological polar surface area (TPSA) is 151 Å². The smallest absolute Gasteiger partial charge is 0.190 e. The third kappa shape index (κ3) is 4.83. The molecule has 0 bridgehead atoms. The number of hydrogen-bond acceptors (Lipinski definition) is 11. The molecule has 5 N–H and O–H groups in total. The van der Waals surface area contributed by atoms with Crippen LogP contribution in [0.5, 0.6) is 0 Å². The summed E-state index contributed by atoms with van der Waals surface area (Å²) in [5, 5.41) is 52.4. The molecular formula is C21H31NO10. The highest BCUT2D eigenvalue weighted by Gasteiger charge is 2.55. The first-order valence-corrected chi connectivity index (χ1v) is 10.6. The fourth-order valence-corrected chi connectivity index (χ4v) is 4.17. The molecule has 3 saturated heterocycles. The first-order chi connectivity index (χ1) is 15.2. The van der Waals surface area contributed by atoms with E-state index in [0.29, 0.717) is 0 Å². The Morgan fingerprint density at radius 2 is 1.62 bits per heavy atom. The molecule has 11 heteroatoms. The normalized spacial score (nSPS) is 41.2. The summed E-state index contributed by atoms with van der Waals surface area (Å²) in [5.74, 6) is -0.887. The van der Waals surface area contributed by atoms with Gasteiger partial charge in [0, 0.05) is 0 Å². The Hall–Kier alpha value is -1.22. The molecular weight excluding hydrogens is 426 g/mol. The standard InChI is InChI=1S/C21H31NO10/c1-21(2)31-18-15(25)12(30-20(18)32-21)8-22(28-10-11-6-4-3-5-7-11)19-17(27)16(26)14(24)13(9-23)29-19/h3-7,12-20,23-27H,8-10H2,1-2H3/t12-,13-,14+,15+,16+,17-,18-,19-,20-/m1/s1. The Bertz CT molecular complexity index is 749. The van der Waals surface area contributed by atoms with Crippen molar-refractivity contribution < 1.29 is 49.3 Å². The Balaban J connectivity index is 1.50. The van der Waals surface area contributed by atoms with Crippen molar-refractivity contribution >= 4 is 0 Å². The molecule has 4 rings (SSSR count). The molecule has 0 aromatic heterocycles. The lowest BCUT2D eigenvalue weighted by molar-refractivity contribution is -0.345. The number of aliphatic hydroxyl groups excluding tert-OH is 5. The molecule has 0 aliphatic carbocycles.